The second kappa shape index (κ2) is 6.42. The van der Waals surface area contributed by atoms with Crippen LogP contribution in [0.3, 0.4) is 0 Å². The molecular formula is C9H7AlCl3NO. The highest BCUT2D eigenvalue weighted by Gasteiger charge is 2.00. The molecule has 15 heavy (non-hydrogen) atoms. The van der Waals surface area contributed by atoms with E-state index in [1.807, 2.05) is 18.2 Å². The molecule has 0 spiro atoms. The molecule has 2 nitrogen and oxygen atoms in total. The summed E-state index contributed by atoms with van der Waals surface area (Å²) in [5, 5.41) is 10.3. The van der Waals surface area contributed by atoms with Gasteiger partial charge in [0.05, 0.1) is 0 Å². The van der Waals surface area contributed by atoms with Crippen molar-refractivity contribution < 1.29 is 5.11 Å². The summed E-state index contributed by atoms with van der Waals surface area (Å²) >= 11 is -1.72. The highest BCUT2D eigenvalue weighted by atomic mass is 35.8. The van der Waals surface area contributed by atoms with E-state index in [9.17, 15) is 5.11 Å². The smallest absolute Gasteiger partial charge is 0.506 e. The number of hydrogen-bond acceptors (Lipinski definition) is 2. The van der Waals surface area contributed by atoms with Crippen LogP contribution in [0, 0.1) is 0 Å². The third-order valence-electron chi connectivity index (χ3n) is 1.61. The van der Waals surface area contributed by atoms with E-state index in [2.05, 4.69) is 4.98 Å². The van der Waals surface area contributed by atoms with Crippen molar-refractivity contribution in [3.63, 3.8) is 0 Å². The monoisotopic (exact) mass is 277 g/mol. The fourth-order valence-electron chi connectivity index (χ4n) is 1.09. The van der Waals surface area contributed by atoms with Gasteiger partial charge in [0.1, 0.15) is 11.3 Å². The molecule has 0 unspecified atom stereocenters. The van der Waals surface area contributed by atoms with Gasteiger partial charge in [-0.05, 0) is 12.1 Å². The average Bonchev–Trinajstić information content (AvgIpc) is 2.18. The van der Waals surface area contributed by atoms with E-state index in [1.54, 1.807) is 18.3 Å². The van der Waals surface area contributed by atoms with Crippen molar-refractivity contribution in [2.45, 2.75) is 0 Å². The second-order valence-electron chi connectivity index (χ2n) is 2.60. The highest BCUT2D eigenvalue weighted by Crippen LogP contribution is 2.20. The van der Waals surface area contributed by atoms with Crippen molar-refractivity contribution in [1.29, 1.82) is 0 Å². The van der Waals surface area contributed by atoms with E-state index in [0.29, 0.717) is 5.52 Å². The minimum absolute atomic E-state index is 0.239. The Bertz CT molecular complexity index is 430. The number of pyridine rings is 1. The van der Waals surface area contributed by atoms with Crippen LogP contribution in [-0.2, 0) is 0 Å². The Morgan fingerprint density at radius 2 is 1.67 bits per heavy atom. The lowest BCUT2D eigenvalue weighted by molar-refractivity contribution is 0.480. The van der Waals surface area contributed by atoms with Gasteiger partial charge in [0.2, 0.25) is 0 Å². The molecule has 1 aromatic carbocycles. The summed E-state index contributed by atoms with van der Waals surface area (Å²) in [5.41, 5.74) is 0.662. The number of benzene rings is 1. The van der Waals surface area contributed by atoms with Gasteiger partial charge in [0, 0.05) is 11.6 Å². The SMILES string of the molecule is Oc1cccc2cccnc12.[Cl][Al]([Cl])[Cl]. The summed E-state index contributed by atoms with van der Waals surface area (Å²) in [7, 11) is 14.8. The molecule has 0 fully saturated rings. The van der Waals surface area contributed by atoms with E-state index in [-0.39, 0.29) is 5.75 Å². The molecule has 0 amide bonds. The van der Waals surface area contributed by atoms with Crippen LogP contribution in [0.25, 0.3) is 10.9 Å². The summed E-state index contributed by atoms with van der Waals surface area (Å²) in [6, 6.07) is 9.13. The minimum Gasteiger partial charge on any atom is -0.506 e. The summed E-state index contributed by atoms with van der Waals surface area (Å²) in [6.45, 7) is 0. The van der Waals surface area contributed by atoms with Crippen LogP contribution in [-0.4, -0.2) is 21.5 Å². The van der Waals surface area contributed by atoms with Gasteiger partial charge in [-0.2, -0.15) is 0 Å². The molecule has 6 heteroatoms. The lowest BCUT2D eigenvalue weighted by Crippen LogP contribution is -1.76. The Kier molecular flexibility index (Phi) is 5.52. The molecule has 0 aliphatic rings. The molecule has 0 saturated heterocycles. The standard InChI is InChI=1S/C9H7NO.Al.3ClH/c11-8-5-1-3-7-4-2-6-10-9(7)8;;;;/h1-6,11H;;3*1H/q;+3;;;/p-3. The lowest BCUT2D eigenvalue weighted by atomic mass is 10.2. The first kappa shape index (κ1) is 12.9. The van der Waals surface area contributed by atoms with E-state index >= 15 is 0 Å². The highest BCUT2D eigenvalue weighted by molar-refractivity contribution is 7.54. The molecule has 0 aliphatic heterocycles. The number of phenolic OH excluding ortho intramolecular Hbond substituents is 1. The molecule has 0 radical (unpaired) electrons. The number of hydrogen-bond donors (Lipinski definition) is 1. The number of halogens is 3. The zero-order valence-electron chi connectivity index (χ0n) is 7.57. The summed E-state index contributed by atoms with van der Waals surface area (Å²) in [6.07, 6.45) is 1.67. The molecule has 0 saturated carbocycles. The zero-order valence-corrected chi connectivity index (χ0v) is 11.0. The molecule has 2 rings (SSSR count). The average molecular weight is 279 g/mol. The normalized spacial score (nSPS) is 9.27. The van der Waals surface area contributed by atoms with Gasteiger partial charge in [-0.1, -0.05) is 18.2 Å². The van der Waals surface area contributed by atoms with Crippen molar-refractivity contribution in [1.82, 2.24) is 4.98 Å². The number of aromatic hydroxyl groups is 1. The van der Waals surface area contributed by atoms with Gasteiger partial charge in [-0.15, -0.1) is 0 Å². The number of rotatable bonds is 0. The van der Waals surface area contributed by atoms with Gasteiger partial charge in [0.15, 0.2) is 0 Å². The number of phenols is 1. The molecule has 1 heterocycles. The Morgan fingerprint density at radius 1 is 1.07 bits per heavy atom. The largest absolute Gasteiger partial charge is 0.643 e. The first-order valence-corrected chi connectivity index (χ1v) is 9.30. The van der Waals surface area contributed by atoms with Gasteiger partial charge in [-0.25, -0.2) is 30.1 Å². The maximum absolute atomic E-state index is 9.31. The van der Waals surface area contributed by atoms with Gasteiger partial charge in [0.25, 0.3) is 0 Å². The van der Waals surface area contributed by atoms with Crippen molar-refractivity contribution >= 4 is 52.4 Å². The topological polar surface area (TPSA) is 33.1 Å². The maximum Gasteiger partial charge on any atom is 0.643 e. The molecule has 1 N–H and O–H groups in total. The van der Waals surface area contributed by atoms with Gasteiger partial charge in [-0.3, -0.25) is 4.98 Å². The maximum atomic E-state index is 9.31. The Balaban J connectivity index is 0.000000245. The van der Waals surface area contributed by atoms with Gasteiger partial charge >= 0.3 is 11.4 Å². The quantitative estimate of drug-likeness (QED) is 0.747. The molecule has 0 aliphatic carbocycles. The number of para-hydroxylation sites is 1. The third kappa shape index (κ3) is 4.46. The van der Waals surface area contributed by atoms with Crippen molar-refractivity contribution in [2.24, 2.45) is 0 Å². The van der Waals surface area contributed by atoms with E-state index in [1.165, 1.54) is 0 Å². The molecular weight excluding hydrogens is 271 g/mol. The zero-order chi connectivity index (χ0) is 11.3. The van der Waals surface area contributed by atoms with Crippen molar-refractivity contribution in [2.75, 3.05) is 0 Å². The number of nitrogens with zero attached hydrogens (tertiary/aromatic N) is 1. The van der Waals surface area contributed by atoms with Crippen LogP contribution in [0.15, 0.2) is 36.5 Å². The summed E-state index contributed by atoms with van der Waals surface area (Å²) in [4.78, 5) is 4.03. The lowest BCUT2D eigenvalue weighted by Gasteiger charge is -1.96. The predicted molar refractivity (Wildman–Crippen MR) is 66.7 cm³/mol. The van der Waals surface area contributed by atoms with Crippen molar-refractivity contribution in [3.8, 4) is 5.75 Å². The van der Waals surface area contributed by atoms with Crippen LogP contribution < -0.4 is 0 Å². The number of fused-ring (bicyclic) bond motifs is 1. The molecule has 0 atom stereocenters. The van der Waals surface area contributed by atoms with E-state index in [4.69, 9.17) is 30.1 Å². The fourth-order valence-corrected chi connectivity index (χ4v) is 1.09. The van der Waals surface area contributed by atoms with Crippen LogP contribution >= 0.6 is 30.1 Å². The third-order valence-corrected chi connectivity index (χ3v) is 1.61. The van der Waals surface area contributed by atoms with E-state index < -0.39 is 11.4 Å². The van der Waals surface area contributed by atoms with Crippen LogP contribution in [0.5, 0.6) is 5.75 Å². The Hall–Kier alpha value is -0.168. The molecule has 1 aromatic heterocycles. The Labute approximate surface area is 104 Å². The Morgan fingerprint density at radius 3 is 2.27 bits per heavy atom. The van der Waals surface area contributed by atoms with Crippen molar-refractivity contribution in [3.05, 3.63) is 36.5 Å². The summed E-state index contributed by atoms with van der Waals surface area (Å²) < 4.78 is 0. The predicted octanol–water partition coefficient (Wildman–Crippen LogP) is 3.63. The minimum atomic E-state index is -1.72. The second-order valence-corrected chi connectivity index (χ2v) is 9.03. The van der Waals surface area contributed by atoms with Crippen LogP contribution in [0.2, 0.25) is 0 Å². The fraction of sp³-hybridized carbons (Fsp3) is 0. The molecule has 78 valence electrons. The first-order valence-electron chi connectivity index (χ1n) is 4.06. The molecule has 2 aromatic rings. The van der Waals surface area contributed by atoms with Gasteiger partial charge < -0.3 is 5.11 Å². The number of aromatic nitrogens is 1. The van der Waals surface area contributed by atoms with Crippen LogP contribution in [0.1, 0.15) is 0 Å². The first-order chi connectivity index (χ1) is 7.11. The van der Waals surface area contributed by atoms with E-state index in [0.717, 1.165) is 5.39 Å². The molecule has 0 bridgehead atoms. The summed E-state index contributed by atoms with van der Waals surface area (Å²) in [5.74, 6) is 0.239. The van der Waals surface area contributed by atoms with Crippen LogP contribution in [0.4, 0.5) is 0 Å².